The van der Waals surface area contributed by atoms with Gasteiger partial charge in [-0.2, -0.15) is 0 Å². The van der Waals surface area contributed by atoms with Gasteiger partial charge in [0.1, 0.15) is 24.4 Å². The molecule has 0 radical (unpaired) electrons. The Morgan fingerprint density at radius 3 is 2.09 bits per heavy atom. The lowest BCUT2D eigenvalue weighted by Crippen LogP contribution is -2.67. The van der Waals surface area contributed by atoms with Gasteiger partial charge in [-0.15, -0.1) is 0 Å². The van der Waals surface area contributed by atoms with Crippen LogP contribution >= 0.6 is 0 Å². The van der Waals surface area contributed by atoms with Crippen LogP contribution in [0.25, 0.3) is 0 Å². The van der Waals surface area contributed by atoms with Crippen molar-refractivity contribution in [3.63, 3.8) is 0 Å². The molecule has 16 atom stereocenters. The fourth-order valence-corrected chi connectivity index (χ4v) is 13.5. The number of aliphatic hydroxyl groups is 7. The van der Waals surface area contributed by atoms with Crippen molar-refractivity contribution in [1.82, 2.24) is 0 Å². The first-order valence-corrected chi connectivity index (χ1v) is 17.8. The molecule has 0 aromatic heterocycles. The highest BCUT2D eigenvalue weighted by atomic mass is 16.7. The highest BCUT2D eigenvalue weighted by Gasteiger charge is 2.72. The summed E-state index contributed by atoms with van der Waals surface area (Å²) >= 11 is 0. The minimum absolute atomic E-state index is 0.0224. The quantitative estimate of drug-likeness (QED) is 0.225. The lowest BCUT2D eigenvalue weighted by atomic mass is 9.32. The van der Waals surface area contributed by atoms with Gasteiger partial charge in [0, 0.05) is 12.5 Å². The van der Waals surface area contributed by atoms with Crippen molar-refractivity contribution in [1.29, 1.82) is 0 Å². The molecule has 9 nitrogen and oxygen atoms in total. The molecule has 1 aliphatic heterocycles. The van der Waals surface area contributed by atoms with Gasteiger partial charge in [-0.05, 0) is 122 Å². The topological polar surface area (TPSA) is 160 Å². The zero-order valence-corrected chi connectivity index (χ0v) is 28.7. The van der Waals surface area contributed by atoms with E-state index in [1.54, 1.807) is 0 Å². The van der Waals surface area contributed by atoms with E-state index in [0.29, 0.717) is 24.2 Å². The Bertz CT molecular complexity index is 1110. The van der Waals surface area contributed by atoms with Crippen molar-refractivity contribution >= 4 is 0 Å². The Morgan fingerprint density at radius 2 is 1.47 bits per heavy atom. The summed E-state index contributed by atoms with van der Waals surface area (Å²) in [4.78, 5) is 0. The number of aliphatic hydroxyl groups excluding tert-OH is 6. The second-order valence-corrected chi connectivity index (χ2v) is 18.3. The maximum Gasteiger partial charge on any atom is 0.186 e. The van der Waals surface area contributed by atoms with E-state index in [0.717, 1.165) is 51.4 Å². The molecule has 7 N–H and O–H groups in total. The third-order valence-corrected chi connectivity index (χ3v) is 15.9. The molecule has 45 heavy (non-hydrogen) atoms. The number of rotatable bonds is 5. The molecular formula is C36H62O9. The molecule has 6 fully saturated rings. The molecule has 6 aliphatic rings. The molecule has 0 aromatic carbocycles. The first-order valence-electron chi connectivity index (χ1n) is 17.8. The monoisotopic (exact) mass is 638 g/mol. The second-order valence-electron chi connectivity index (χ2n) is 18.3. The Morgan fingerprint density at radius 1 is 0.778 bits per heavy atom. The first kappa shape index (κ1) is 34.5. The predicted octanol–water partition coefficient (Wildman–Crippen LogP) is 2.99. The molecular weight excluding hydrogens is 576 g/mol. The van der Waals surface area contributed by atoms with Crippen molar-refractivity contribution < 1.29 is 45.2 Å². The van der Waals surface area contributed by atoms with Gasteiger partial charge in [-0.3, -0.25) is 0 Å². The van der Waals surface area contributed by atoms with Crippen LogP contribution in [0.2, 0.25) is 0 Å². The molecule has 1 heterocycles. The molecule has 5 saturated carbocycles. The summed E-state index contributed by atoms with van der Waals surface area (Å²) in [5.74, 6) is 1.01. The minimum Gasteiger partial charge on any atom is -0.396 e. The smallest absolute Gasteiger partial charge is 0.186 e. The molecule has 0 spiro atoms. The summed E-state index contributed by atoms with van der Waals surface area (Å²) in [5.41, 5.74) is -1.44. The lowest BCUT2D eigenvalue weighted by molar-refractivity contribution is -0.332. The lowest BCUT2D eigenvalue weighted by Gasteiger charge is -2.73. The average molecular weight is 639 g/mol. The van der Waals surface area contributed by atoms with E-state index in [2.05, 4.69) is 34.6 Å². The highest BCUT2D eigenvalue weighted by Crippen LogP contribution is 2.77. The zero-order chi connectivity index (χ0) is 33.1. The summed E-state index contributed by atoms with van der Waals surface area (Å²) in [7, 11) is 0. The molecule has 1 saturated heterocycles. The summed E-state index contributed by atoms with van der Waals surface area (Å²) < 4.78 is 12.2. The summed E-state index contributed by atoms with van der Waals surface area (Å²) in [6, 6.07) is 0. The van der Waals surface area contributed by atoms with Gasteiger partial charge < -0.3 is 45.2 Å². The summed E-state index contributed by atoms with van der Waals surface area (Å²) in [5, 5.41) is 74.6. The highest BCUT2D eigenvalue weighted by molar-refractivity contribution is 5.21. The van der Waals surface area contributed by atoms with Crippen molar-refractivity contribution in [2.45, 2.75) is 155 Å². The first-order chi connectivity index (χ1) is 20.8. The van der Waals surface area contributed by atoms with Crippen LogP contribution in [0.3, 0.4) is 0 Å². The molecule has 0 bridgehead atoms. The minimum atomic E-state index is -1.46. The average Bonchev–Trinajstić information content (AvgIpc) is 3.27. The Balaban J connectivity index is 1.27. The van der Waals surface area contributed by atoms with Crippen molar-refractivity contribution in [2.75, 3.05) is 13.2 Å². The van der Waals surface area contributed by atoms with E-state index in [1.807, 2.05) is 13.8 Å². The van der Waals surface area contributed by atoms with E-state index in [4.69, 9.17) is 9.47 Å². The fourth-order valence-electron chi connectivity index (χ4n) is 13.5. The number of hydrogen-bond acceptors (Lipinski definition) is 9. The van der Waals surface area contributed by atoms with E-state index in [-0.39, 0.29) is 51.6 Å². The van der Waals surface area contributed by atoms with E-state index < -0.39 is 49.0 Å². The van der Waals surface area contributed by atoms with Crippen molar-refractivity contribution in [2.24, 2.45) is 56.7 Å². The molecule has 9 heteroatoms. The van der Waals surface area contributed by atoms with Crippen LogP contribution in [0, 0.1) is 56.7 Å². The normalized spacial score (nSPS) is 56.1. The third kappa shape index (κ3) is 4.72. The van der Waals surface area contributed by atoms with Gasteiger partial charge in [0.15, 0.2) is 6.29 Å². The van der Waals surface area contributed by atoms with Crippen LogP contribution in [0.1, 0.15) is 106 Å². The van der Waals surface area contributed by atoms with Crippen LogP contribution in [0.15, 0.2) is 0 Å². The second kappa shape index (κ2) is 11.1. The largest absolute Gasteiger partial charge is 0.396 e. The van der Waals surface area contributed by atoms with Crippen LogP contribution in [0.5, 0.6) is 0 Å². The van der Waals surface area contributed by atoms with Crippen molar-refractivity contribution in [3.8, 4) is 0 Å². The molecule has 6 rings (SSSR count). The van der Waals surface area contributed by atoms with Crippen LogP contribution in [-0.2, 0) is 9.47 Å². The number of fused-ring (bicyclic) bond motifs is 7. The molecule has 0 unspecified atom stereocenters. The van der Waals surface area contributed by atoms with Gasteiger partial charge >= 0.3 is 0 Å². The fraction of sp³-hybridized carbons (Fsp3) is 1.00. The van der Waals surface area contributed by atoms with Crippen molar-refractivity contribution in [3.05, 3.63) is 0 Å². The van der Waals surface area contributed by atoms with Crippen LogP contribution < -0.4 is 0 Å². The van der Waals surface area contributed by atoms with Gasteiger partial charge in [-0.1, -0.05) is 34.6 Å². The zero-order valence-electron chi connectivity index (χ0n) is 28.7. The Hall–Kier alpha value is -0.360. The molecule has 0 amide bonds. The third-order valence-electron chi connectivity index (χ3n) is 15.9. The Kier molecular flexibility index (Phi) is 8.49. The van der Waals surface area contributed by atoms with Gasteiger partial charge in [0.25, 0.3) is 0 Å². The SMILES string of the molecule is CC(C)(O)[C@H]1[C@@H]2[C@H]3CC[C@@H]4[C@@]5(C)CC[C@H](O[C@@H]6O[C@H](CO)[C@@H](O)[C@H](O)[C@H]6O)C(C)(C)[C@@H]5CC[C@@]4(C)[C@]3(C)CC[C@@]2(CO)C[C@@H]1O. The summed E-state index contributed by atoms with van der Waals surface area (Å²) in [6.45, 7) is 15.3. The standard InChI is InChI=1S/C36H62O9/c1-31(2)22-10-13-35(7)23(33(22,5)12-11-24(31)45-30-29(42)28(41)27(40)21(17-37)44-30)9-8-19-25-26(32(3,4)43)20(39)16-36(25,18-38)15-14-34(19,35)6/h19-30,37-43H,8-18H2,1-7H3/t19-,20+,21-,22+,23-,24+,25+,26-,27-,28+,29-,30+,33+,34-,35-,36+/m1/s1. The number of hydrogen-bond donors (Lipinski definition) is 7. The number of ether oxygens (including phenoxy) is 2. The molecule has 5 aliphatic carbocycles. The van der Waals surface area contributed by atoms with Gasteiger partial charge in [-0.25, -0.2) is 0 Å². The Labute approximate surface area is 269 Å². The molecule has 0 aromatic rings. The van der Waals surface area contributed by atoms with Gasteiger partial charge in [0.2, 0.25) is 0 Å². The van der Waals surface area contributed by atoms with Crippen LogP contribution in [0.4, 0.5) is 0 Å². The van der Waals surface area contributed by atoms with E-state index in [1.165, 1.54) is 0 Å². The predicted molar refractivity (Wildman–Crippen MR) is 168 cm³/mol. The van der Waals surface area contributed by atoms with Gasteiger partial charge in [0.05, 0.1) is 24.4 Å². The van der Waals surface area contributed by atoms with Crippen LogP contribution in [-0.4, -0.2) is 97.5 Å². The van der Waals surface area contributed by atoms with E-state index >= 15 is 0 Å². The maximum atomic E-state index is 11.4. The molecule has 260 valence electrons. The summed E-state index contributed by atoms with van der Waals surface area (Å²) in [6.07, 6.45) is 1.26. The van der Waals surface area contributed by atoms with E-state index in [9.17, 15) is 35.7 Å². The maximum absolute atomic E-state index is 11.4.